The molecule has 124 valence electrons. The van der Waals surface area contributed by atoms with Crippen molar-refractivity contribution in [3.05, 3.63) is 60.7 Å². The number of ether oxygens (including phenoxy) is 1. The molecule has 1 atom stereocenters. The molecule has 0 aromatic heterocycles. The molecule has 0 N–H and O–H groups in total. The van der Waals surface area contributed by atoms with Gasteiger partial charge >= 0.3 is 0 Å². The molecule has 3 aromatic rings. The van der Waals surface area contributed by atoms with E-state index in [0.717, 1.165) is 32.5 Å². The maximum Gasteiger partial charge on any atom is 0.127 e. The smallest absolute Gasteiger partial charge is 0.127 e. The van der Waals surface area contributed by atoms with Gasteiger partial charge in [-0.15, -0.1) is 0 Å². The third-order valence-corrected chi connectivity index (χ3v) is 5.87. The lowest BCUT2D eigenvalue weighted by molar-refractivity contribution is 0.415. The highest BCUT2D eigenvalue weighted by Crippen LogP contribution is 2.40. The minimum absolute atomic E-state index is 0.342. The summed E-state index contributed by atoms with van der Waals surface area (Å²) in [5, 5.41) is 2.30. The van der Waals surface area contributed by atoms with Crippen molar-refractivity contribution in [2.24, 2.45) is 0 Å². The van der Waals surface area contributed by atoms with Crippen LogP contribution < -0.4 is 4.74 Å². The first-order valence-corrected chi connectivity index (χ1v) is 9.15. The molecule has 0 spiro atoms. The van der Waals surface area contributed by atoms with Crippen LogP contribution in [0.3, 0.4) is 0 Å². The van der Waals surface area contributed by atoms with Crippen molar-refractivity contribution < 1.29 is 8.95 Å². The fraction of sp³-hybridized carbons (Fsp3) is 0.238. The molecule has 0 radical (unpaired) electrons. The highest BCUT2D eigenvalue weighted by atomic mass is 32.2. The molecule has 0 unspecified atom stereocenters. The van der Waals surface area contributed by atoms with Crippen molar-refractivity contribution in [2.45, 2.75) is 30.4 Å². The number of rotatable bonds is 3. The molecule has 0 aliphatic heterocycles. The Balaban J connectivity index is 2.36. The molecular weight excluding hydrogens is 316 g/mol. The van der Waals surface area contributed by atoms with E-state index in [2.05, 4.69) is 24.3 Å². The Bertz CT molecular complexity index is 902. The van der Waals surface area contributed by atoms with E-state index in [1.807, 2.05) is 57.2 Å². The highest BCUT2D eigenvalue weighted by molar-refractivity contribution is 7.86. The maximum absolute atomic E-state index is 13.1. The minimum Gasteiger partial charge on any atom is -0.496 e. The van der Waals surface area contributed by atoms with Crippen molar-refractivity contribution >= 4 is 21.6 Å². The van der Waals surface area contributed by atoms with Crippen LogP contribution in [0, 0.1) is 0 Å². The summed E-state index contributed by atoms with van der Waals surface area (Å²) in [5.74, 6) is 0.751. The van der Waals surface area contributed by atoms with Gasteiger partial charge in [0, 0.05) is 10.3 Å². The van der Waals surface area contributed by atoms with E-state index in [0.29, 0.717) is 0 Å². The molecule has 0 saturated heterocycles. The number of hydrogen-bond donors (Lipinski definition) is 0. The molecule has 3 aromatic carbocycles. The molecule has 0 amide bonds. The van der Waals surface area contributed by atoms with E-state index >= 15 is 0 Å². The van der Waals surface area contributed by atoms with Crippen LogP contribution in [0.25, 0.3) is 21.9 Å². The van der Waals surface area contributed by atoms with Crippen molar-refractivity contribution in [1.29, 1.82) is 0 Å². The second kappa shape index (κ2) is 6.40. The van der Waals surface area contributed by atoms with Gasteiger partial charge in [0.25, 0.3) is 0 Å². The summed E-state index contributed by atoms with van der Waals surface area (Å²) < 4.78 is 18.4. The predicted molar refractivity (Wildman–Crippen MR) is 102 cm³/mol. The number of fused-ring (bicyclic) bond motifs is 1. The summed E-state index contributed by atoms with van der Waals surface area (Å²) in [6.07, 6.45) is 0. The summed E-state index contributed by atoms with van der Waals surface area (Å²) >= 11 is 0. The third-order valence-electron chi connectivity index (χ3n) is 4.02. The van der Waals surface area contributed by atoms with E-state index in [-0.39, 0.29) is 4.75 Å². The topological polar surface area (TPSA) is 26.3 Å². The molecule has 0 heterocycles. The fourth-order valence-electron chi connectivity index (χ4n) is 2.87. The van der Waals surface area contributed by atoms with E-state index in [4.69, 9.17) is 4.74 Å². The molecule has 2 nitrogen and oxygen atoms in total. The van der Waals surface area contributed by atoms with Gasteiger partial charge in [-0.3, -0.25) is 4.21 Å². The Hall–Kier alpha value is -2.13. The highest BCUT2D eigenvalue weighted by Gasteiger charge is 2.26. The molecule has 0 aliphatic rings. The van der Waals surface area contributed by atoms with Crippen LogP contribution >= 0.6 is 0 Å². The quantitative estimate of drug-likeness (QED) is 0.637. The van der Waals surface area contributed by atoms with Crippen molar-refractivity contribution in [1.82, 2.24) is 0 Å². The van der Waals surface area contributed by atoms with E-state index in [1.54, 1.807) is 7.11 Å². The summed E-state index contributed by atoms with van der Waals surface area (Å²) in [4.78, 5) is 0.818. The first-order valence-electron chi connectivity index (χ1n) is 8.00. The van der Waals surface area contributed by atoms with Crippen LogP contribution in [0.2, 0.25) is 0 Å². The Morgan fingerprint density at radius 1 is 0.875 bits per heavy atom. The van der Waals surface area contributed by atoms with Crippen LogP contribution in [-0.2, 0) is 10.8 Å². The lowest BCUT2D eigenvalue weighted by Gasteiger charge is -2.22. The van der Waals surface area contributed by atoms with Crippen LogP contribution in [-0.4, -0.2) is 16.1 Å². The van der Waals surface area contributed by atoms with E-state index in [1.165, 1.54) is 0 Å². The summed E-state index contributed by atoms with van der Waals surface area (Å²) in [6, 6.07) is 20.2. The standard InChI is InChI=1S/C21H22O2S/c1-21(2,3)24(22)19-14-8-13-18(23-4)20(19)17-12-7-10-15-9-5-6-11-16(15)17/h5-14H,1-4H3/t24-/m0/s1. The van der Waals surface area contributed by atoms with Gasteiger partial charge < -0.3 is 4.74 Å². The Labute approximate surface area is 145 Å². The van der Waals surface area contributed by atoms with Crippen LogP contribution in [0.15, 0.2) is 65.6 Å². The van der Waals surface area contributed by atoms with Gasteiger partial charge in [0.2, 0.25) is 0 Å². The summed E-state index contributed by atoms with van der Waals surface area (Å²) in [5.41, 5.74) is 1.98. The van der Waals surface area contributed by atoms with Gasteiger partial charge in [-0.05, 0) is 49.2 Å². The molecular formula is C21H22O2S. The molecule has 24 heavy (non-hydrogen) atoms. The molecule has 0 saturated carbocycles. The first-order chi connectivity index (χ1) is 11.4. The van der Waals surface area contributed by atoms with E-state index < -0.39 is 10.8 Å². The predicted octanol–water partition coefficient (Wildman–Crippen LogP) is 5.42. The Kier molecular flexibility index (Phi) is 4.46. The van der Waals surface area contributed by atoms with Crippen molar-refractivity contribution in [3.8, 4) is 16.9 Å². The zero-order valence-electron chi connectivity index (χ0n) is 14.5. The average molecular weight is 338 g/mol. The Morgan fingerprint density at radius 3 is 2.25 bits per heavy atom. The summed E-state index contributed by atoms with van der Waals surface area (Å²) in [6.45, 7) is 5.99. The second-order valence-corrected chi connectivity index (χ2v) is 8.94. The van der Waals surface area contributed by atoms with Crippen molar-refractivity contribution in [2.75, 3.05) is 7.11 Å². The maximum atomic E-state index is 13.1. The number of benzene rings is 3. The molecule has 3 heteroatoms. The fourth-order valence-corrected chi connectivity index (χ4v) is 4.13. The van der Waals surface area contributed by atoms with E-state index in [9.17, 15) is 4.21 Å². The molecule has 0 bridgehead atoms. The third kappa shape index (κ3) is 2.96. The lowest BCUT2D eigenvalue weighted by atomic mass is 9.97. The monoisotopic (exact) mass is 338 g/mol. The molecule has 0 fully saturated rings. The van der Waals surface area contributed by atoms with Crippen molar-refractivity contribution in [3.63, 3.8) is 0 Å². The zero-order valence-corrected chi connectivity index (χ0v) is 15.3. The van der Waals surface area contributed by atoms with Crippen LogP contribution in [0.5, 0.6) is 5.75 Å². The van der Waals surface area contributed by atoms with Gasteiger partial charge in [-0.1, -0.05) is 48.5 Å². The second-order valence-electron chi connectivity index (χ2n) is 6.74. The average Bonchev–Trinajstić information content (AvgIpc) is 2.59. The number of hydrogen-bond acceptors (Lipinski definition) is 2. The summed E-state index contributed by atoms with van der Waals surface area (Å²) in [7, 11) is 0.513. The Morgan fingerprint density at radius 2 is 1.54 bits per heavy atom. The van der Waals surface area contributed by atoms with Crippen LogP contribution in [0.1, 0.15) is 20.8 Å². The minimum atomic E-state index is -1.15. The van der Waals surface area contributed by atoms with Gasteiger partial charge in [0.05, 0.1) is 22.8 Å². The normalized spacial score (nSPS) is 13.0. The molecule has 3 rings (SSSR count). The zero-order chi connectivity index (χ0) is 17.3. The molecule has 0 aliphatic carbocycles. The SMILES string of the molecule is COc1cccc([S@](=O)C(C)(C)C)c1-c1cccc2ccccc12. The van der Waals surface area contributed by atoms with Crippen LogP contribution in [0.4, 0.5) is 0 Å². The lowest BCUT2D eigenvalue weighted by Crippen LogP contribution is -2.22. The van der Waals surface area contributed by atoms with Gasteiger partial charge in [-0.2, -0.15) is 0 Å². The number of methoxy groups -OCH3 is 1. The van der Waals surface area contributed by atoms with Gasteiger partial charge in [0.1, 0.15) is 5.75 Å². The first kappa shape index (κ1) is 16.7. The van der Waals surface area contributed by atoms with Gasteiger partial charge in [-0.25, -0.2) is 0 Å². The van der Waals surface area contributed by atoms with Gasteiger partial charge in [0.15, 0.2) is 0 Å². The largest absolute Gasteiger partial charge is 0.496 e.